The van der Waals surface area contributed by atoms with Crippen LogP contribution < -0.4 is 5.32 Å². The maximum atomic E-state index is 3.67. The highest BCUT2D eigenvalue weighted by Crippen LogP contribution is 2.22. The SMILES string of the molecule is CCCN(Cc1cc(C)sc1C)CC1CCCCN1. The second-order valence-electron chi connectivity index (χ2n) is 5.82. The molecule has 1 fully saturated rings. The molecule has 2 heterocycles. The van der Waals surface area contributed by atoms with Gasteiger partial charge in [0.05, 0.1) is 0 Å². The highest BCUT2D eigenvalue weighted by molar-refractivity contribution is 7.12. The molecule has 2 nitrogen and oxygen atoms in total. The lowest BCUT2D eigenvalue weighted by molar-refractivity contribution is 0.217. The van der Waals surface area contributed by atoms with Gasteiger partial charge in [-0.25, -0.2) is 0 Å². The number of hydrogen-bond donors (Lipinski definition) is 1. The van der Waals surface area contributed by atoms with E-state index in [1.54, 1.807) is 0 Å². The topological polar surface area (TPSA) is 15.3 Å². The van der Waals surface area contributed by atoms with E-state index in [1.165, 1.54) is 60.6 Å². The third-order valence-electron chi connectivity index (χ3n) is 3.97. The predicted octanol–water partition coefficient (Wildman–Crippen LogP) is 3.72. The Morgan fingerprint density at radius 2 is 2.21 bits per heavy atom. The summed E-state index contributed by atoms with van der Waals surface area (Å²) < 4.78 is 0. The fourth-order valence-electron chi connectivity index (χ4n) is 3.02. The summed E-state index contributed by atoms with van der Waals surface area (Å²) in [7, 11) is 0. The number of hydrogen-bond acceptors (Lipinski definition) is 3. The molecule has 1 unspecified atom stereocenters. The van der Waals surface area contributed by atoms with Crippen LogP contribution in [0, 0.1) is 13.8 Å². The van der Waals surface area contributed by atoms with Gasteiger partial charge in [0.2, 0.25) is 0 Å². The molecule has 0 bridgehead atoms. The molecule has 1 saturated heterocycles. The number of nitrogens with zero attached hydrogens (tertiary/aromatic N) is 1. The van der Waals surface area contributed by atoms with E-state index in [2.05, 4.69) is 37.1 Å². The van der Waals surface area contributed by atoms with E-state index < -0.39 is 0 Å². The Morgan fingerprint density at radius 3 is 2.79 bits per heavy atom. The van der Waals surface area contributed by atoms with Crippen molar-refractivity contribution in [2.75, 3.05) is 19.6 Å². The fourth-order valence-corrected chi connectivity index (χ4v) is 3.96. The van der Waals surface area contributed by atoms with Gasteiger partial charge in [0.15, 0.2) is 0 Å². The number of nitrogens with one attached hydrogen (secondary N) is 1. The highest BCUT2D eigenvalue weighted by atomic mass is 32.1. The summed E-state index contributed by atoms with van der Waals surface area (Å²) in [5.74, 6) is 0. The summed E-state index contributed by atoms with van der Waals surface area (Å²) in [4.78, 5) is 5.58. The van der Waals surface area contributed by atoms with Crippen LogP contribution in [0.25, 0.3) is 0 Å². The third kappa shape index (κ3) is 4.59. The predicted molar refractivity (Wildman–Crippen MR) is 85.0 cm³/mol. The summed E-state index contributed by atoms with van der Waals surface area (Å²) >= 11 is 1.93. The monoisotopic (exact) mass is 280 g/mol. The summed E-state index contributed by atoms with van der Waals surface area (Å²) in [6, 6.07) is 3.08. The molecule has 0 saturated carbocycles. The maximum absolute atomic E-state index is 3.67. The molecular formula is C16H28N2S. The van der Waals surface area contributed by atoms with E-state index in [0.29, 0.717) is 6.04 Å². The summed E-state index contributed by atoms with van der Waals surface area (Å²) in [5, 5.41) is 3.67. The first-order valence-electron chi connectivity index (χ1n) is 7.70. The second kappa shape index (κ2) is 7.41. The first-order chi connectivity index (χ1) is 9.19. The minimum Gasteiger partial charge on any atom is -0.313 e. The van der Waals surface area contributed by atoms with Gasteiger partial charge in [-0.1, -0.05) is 13.3 Å². The van der Waals surface area contributed by atoms with Gasteiger partial charge in [-0.3, -0.25) is 4.90 Å². The van der Waals surface area contributed by atoms with Gasteiger partial charge in [0.1, 0.15) is 0 Å². The average Bonchev–Trinajstić information content (AvgIpc) is 2.69. The molecule has 0 aromatic carbocycles. The standard InChI is InChI=1S/C16H28N2S/c1-4-9-18(12-16-7-5-6-8-17-16)11-15-10-13(2)19-14(15)3/h10,16-17H,4-9,11-12H2,1-3H3. The van der Waals surface area contributed by atoms with Crippen LogP contribution in [0.1, 0.15) is 47.9 Å². The largest absolute Gasteiger partial charge is 0.313 e. The molecule has 1 N–H and O–H groups in total. The van der Waals surface area contributed by atoms with Crippen molar-refractivity contribution < 1.29 is 0 Å². The quantitative estimate of drug-likeness (QED) is 0.854. The molecule has 1 atom stereocenters. The molecule has 3 heteroatoms. The van der Waals surface area contributed by atoms with Crippen LogP contribution in [0.3, 0.4) is 0 Å². The zero-order chi connectivity index (χ0) is 13.7. The Balaban J connectivity index is 1.93. The third-order valence-corrected chi connectivity index (χ3v) is 4.98. The van der Waals surface area contributed by atoms with Crippen LogP contribution in [0.15, 0.2) is 6.07 Å². The van der Waals surface area contributed by atoms with Crippen LogP contribution in [-0.4, -0.2) is 30.6 Å². The number of aryl methyl sites for hydroxylation is 2. The van der Waals surface area contributed by atoms with E-state index in [-0.39, 0.29) is 0 Å². The van der Waals surface area contributed by atoms with Crippen molar-refractivity contribution in [2.24, 2.45) is 0 Å². The smallest absolute Gasteiger partial charge is 0.0245 e. The van der Waals surface area contributed by atoms with Crippen LogP contribution in [0.2, 0.25) is 0 Å². The van der Waals surface area contributed by atoms with E-state index in [4.69, 9.17) is 0 Å². The zero-order valence-corrected chi connectivity index (χ0v) is 13.5. The van der Waals surface area contributed by atoms with Crippen LogP contribution >= 0.6 is 11.3 Å². The van der Waals surface area contributed by atoms with Crippen molar-refractivity contribution in [3.63, 3.8) is 0 Å². The average molecular weight is 280 g/mol. The Morgan fingerprint density at radius 1 is 1.37 bits per heavy atom. The van der Waals surface area contributed by atoms with E-state index in [9.17, 15) is 0 Å². The number of thiophene rings is 1. The maximum Gasteiger partial charge on any atom is 0.0245 e. The molecule has 0 spiro atoms. The molecule has 0 aliphatic carbocycles. The van der Waals surface area contributed by atoms with Crippen LogP contribution in [0.4, 0.5) is 0 Å². The second-order valence-corrected chi connectivity index (χ2v) is 7.28. The lowest BCUT2D eigenvalue weighted by atomic mass is 10.0. The molecule has 1 aliphatic rings. The van der Waals surface area contributed by atoms with Crippen LogP contribution in [-0.2, 0) is 6.54 Å². The van der Waals surface area contributed by atoms with E-state index in [0.717, 1.165) is 6.54 Å². The van der Waals surface area contributed by atoms with E-state index in [1.807, 2.05) is 11.3 Å². The van der Waals surface area contributed by atoms with Gasteiger partial charge in [0.25, 0.3) is 0 Å². The molecule has 0 radical (unpaired) electrons. The molecule has 1 aromatic heterocycles. The zero-order valence-electron chi connectivity index (χ0n) is 12.7. The first-order valence-corrected chi connectivity index (χ1v) is 8.52. The molecule has 2 rings (SSSR count). The molecule has 19 heavy (non-hydrogen) atoms. The Labute approximate surface area is 122 Å². The number of rotatable bonds is 6. The van der Waals surface area contributed by atoms with Gasteiger partial charge >= 0.3 is 0 Å². The van der Waals surface area contributed by atoms with Gasteiger partial charge in [-0.05, 0) is 57.8 Å². The normalized spacial score (nSPS) is 20.1. The minimum absolute atomic E-state index is 0.709. The summed E-state index contributed by atoms with van der Waals surface area (Å²) in [5.41, 5.74) is 1.53. The highest BCUT2D eigenvalue weighted by Gasteiger charge is 2.17. The molecule has 1 aliphatic heterocycles. The van der Waals surface area contributed by atoms with Crippen molar-refractivity contribution >= 4 is 11.3 Å². The lowest BCUT2D eigenvalue weighted by Crippen LogP contribution is -2.43. The van der Waals surface area contributed by atoms with Crippen molar-refractivity contribution in [3.8, 4) is 0 Å². The van der Waals surface area contributed by atoms with Crippen molar-refractivity contribution in [1.29, 1.82) is 0 Å². The summed E-state index contributed by atoms with van der Waals surface area (Å²) in [6.07, 6.45) is 5.35. The van der Waals surface area contributed by atoms with Gasteiger partial charge in [-0.15, -0.1) is 11.3 Å². The molecule has 0 amide bonds. The summed E-state index contributed by atoms with van der Waals surface area (Å²) in [6.45, 7) is 11.5. The molecular weight excluding hydrogens is 252 g/mol. The van der Waals surface area contributed by atoms with Gasteiger partial charge < -0.3 is 5.32 Å². The lowest BCUT2D eigenvalue weighted by Gasteiger charge is -2.30. The van der Waals surface area contributed by atoms with Crippen molar-refractivity contribution in [3.05, 3.63) is 21.4 Å². The van der Waals surface area contributed by atoms with Crippen molar-refractivity contribution in [2.45, 2.75) is 59.0 Å². The van der Waals surface area contributed by atoms with Crippen molar-refractivity contribution in [1.82, 2.24) is 10.2 Å². The Bertz CT molecular complexity index is 380. The Kier molecular flexibility index (Phi) is 5.86. The Hall–Kier alpha value is -0.380. The van der Waals surface area contributed by atoms with E-state index >= 15 is 0 Å². The first kappa shape index (κ1) is 15.0. The van der Waals surface area contributed by atoms with Gasteiger partial charge in [-0.2, -0.15) is 0 Å². The minimum atomic E-state index is 0.709. The molecule has 108 valence electrons. The number of piperidine rings is 1. The van der Waals surface area contributed by atoms with Gasteiger partial charge in [0, 0.05) is 28.9 Å². The molecule has 1 aromatic rings. The fraction of sp³-hybridized carbons (Fsp3) is 0.750. The van der Waals surface area contributed by atoms with Crippen LogP contribution in [0.5, 0.6) is 0 Å².